The average Bonchev–Trinajstić information content (AvgIpc) is 2.75. The molecule has 1 aromatic heterocycles. The van der Waals surface area contributed by atoms with Crippen molar-refractivity contribution in [3.05, 3.63) is 89.5 Å². The zero-order chi connectivity index (χ0) is 20.4. The number of para-hydroxylation sites is 1. The Morgan fingerprint density at radius 2 is 1.59 bits per heavy atom. The maximum Gasteiger partial charge on any atom is 0.256 e. The molecule has 0 spiro atoms. The second kappa shape index (κ2) is 7.76. The maximum absolute atomic E-state index is 13.3. The van der Waals surface area contributed by atoms with Crippen molar-refractivity contribution in [1.29, 1.82) is 0 Å². The summed E-state index contributed by atoms with van der Waals surface area (Å²) >= 11 is 0. The third kappa shape index (κ3) is 3.69. The van der Waals surface area contributed by atoms with E-state index in [4.69, 9.17) is 9.72 Å². The summed E-state index contributed by atoms with van der Waals surface area (Å²) in [5, 5.41) is 3.87. The molecule has 3 aromatic carbocycles. The number of fused-ring (bicyclic) bond motifs is 1. The molecular weight excluding hydrogens is 360 g/mol. The van der Waals surface area contributed by atoms with Gasteiger partial charge in [-0.25, -0.2) is 4.98 Å². The molecule has 4 aromatic rings. The molecule has 0 saturated carbocycles. The summed E-state index contributed by atoms with van der Waals surface area (Å²) in [7, 11) is 1.64. The first kappa shape index (κ1) is 18.7. The number of methoxy groups -OCH3 is 1. The molecule has 0 atom stereocenters. The Hall–Kier alpha value is -3.66. The first-order valence-electron chi connectivity index (χ1n) is 9.48. The van der Waals surface area contributed by atoms with Gasteiger partial charge in [-0.2, -0.15) is 0 Å². The van der Waals surface area contributed by atoms with Crippen LogP contribution >= 0.6 is 0 Å². The van der Waals surface area contributed by atoms with Crippen LogP contribution in [0.4, 0.5) is 5.69 Å². The molecule has 4 heteroatoms. The molecule has 0 unspecified atom stereocenters. The molecule has 29 heavy (non-hydrogen) atoms. The van der Waals surface area contributed by atoms with E-state index in [9.17, 15) is 4.79 Å². The van der Waals surface area contributed by atoms with Crippen LogP contribution < -0.4 is 10.1 Å². The highest BCUT2D eigenvalue weighted by Gasteiger charge is 2.19. The second-order valence-corrected chi connectivity index (χ2v) is 7.03. The molecule has 0 radical (unpaired) electrons. The van der Waals surface area contributed by atoms with E-state index >= 15 is 0 Å². The van der Waals surface area contributed by atoms with E-state index in [2.05, 4.69) is 5.32 Å². The van der Waals surface area contributed by atoms with Gasteiger partial charge in [0.05, 0.1) is 23.9 Å². The highest BCUT2D eigenvalue weighted by molar-refractivity contribution is 6.14. The zero-order valence-corrected chi connectivity index (χ0v) is 16.7. The first-order valence-corrected chi connectivity index (χ1v) is 9.48. The van der Waals surface area contributed by atoms with Crippen molar-refractivity contribution < 1.29 is 9.53 Å². The Morgan fingerprint density at radius 3 is 2.28 bits per heavy atom. The topological polar surface area (TPSA) is 51.2 Å². The van der Waals surface area contributed by atoms with Crippen LogP contribution in [0.25, 0.3) is 22.2 Å². The van der Waals surface area contributed by atoms with Crippen molar-refractivity contribution in [1.82, 2.24) is 4.98 Å². The minimum Gasteiger partial charge on any atom is -0.497 e. The average molecular weight is 382 g/mol. The van der Waals surface area contributed by atoms with Gasteiger partial charge in [0.1, 0.15) is 5.75 Å². The van der Waals surface area contributed by atoms with Crippen LogP contribution in [0, 0.1) is 13.8 Å². The third-order valence-corrected chi connectivity index (χ3v) is 5.04. The molecule has 1 heterocycles. The van der Waals surface area contributed by atoms with Crippen molar-refractivity contribution in [2.75, 3.05) is 12.4 Å². The molecule has 4 nitrogen and oxygen atoms in total. The Labute approximate surface area is 170 Å². The molecule has 0 aliphatic carbocycles. The Kier molecular flexibility index (Phi) is 5.00. The van der Waals surface area contributed by atoms with Crippen molar-refractivity contribution >= 4 is 22.5 Å². The lowest BCUT2D eigenvalue weighted by Crippen LogP contribution is -2.15. The number of anilines is 1. The lowest BCUT2D eigenvalue weighted by molar-refractivity contribution is 0.102. The molecule has 4 rings (SSSR count). The van der Waals surface area contributed by atoms with Gasteiger partial charge in [0, 0.05) is 16.6 Å². The lowest BCUT2D eigenvalue weighted by Gasteiger charge is -2.15. The van der Waals surface area contributed by atoms with Gasteiger partial charge in [0.25, 0.3) is 5.91 Å². The first-order chi connectivity index (χ1) is 14.1. The van der Waals surface area contributed by atoms with E-state index in [0.29, 0.717) is 5.56 Å². The number of aromatic nitrogens is 1. The standard InChI is InChI=1S/C25H22N2O2/c1-16-8-12-19(13-9-16)26-25(28)23-17(2)24(18-10-14-20(29-3)15-11-18)27-22-7-5-4-6-21(22)23/h4-15H,1-3H3,(H,26,28). The van der Waals surface area contributed by atoms with Gasteiger partial charge in [-0.05, 0) is 61.9 Å². The Balaban J connectivity index is 1.84. The van der Waals surface area contributed by atoms with Crippen LogP contribution in [-0.2, 0) is 0 Å². The minimum atomic E-state index is -0.139. The van der Waals surface area contributed by atoms with Gasteiger partial charge in [-0.1, -0.05) is 35.9 Å². The maximum atomic E-state index is 13.3. The van der Waals surface area contributed by atoms with Gasteiger partial charge in [0.15, 0.2) is 0 Å². The van der Waals surface area contributed by atoms with Gasteiger partial charge in [-0.15, -0.1) is 0 Å². The Morgan fingerprint density at radius 1 is 0.897 bits per heavy atom. The smallest absolute Gasteiger partial charge is 0.256 e. The molecule has 0 aliphatic heterocycles. The molecule has 1 amide bonds. The highest BCUT2D eigenvalue weighted by Crippen LogP contribution is 2.31. The SMILES string of the molecule is COc1ccc(-c2nc3ccccc3c(C(=O)Nc3ccc(C)cc3)c2C)cc1. The second-order valence-electron chi connectivity index (χ2n) is 7.03. The van der Waals surface area contributed by atoms with E-state index in [1.807, 2.05) is 86.6 Å². The molecular formula is C25H22N2O2. The van der Waals surface area contributed by atoms with Crippen LogP contribution in [0.1, 0.15) is 21.5 Å². The van der Waals surface area contributed by atoms with Crippen molar-refractivity contribution in [2.45, 2.75) is 13.8 Å². The minimum absolute atomic E-state index is 0.139. The van der Waals surface area contributed by atoms with E-state index in [1.165, 1.54) is 0 Å². The Bertz CT molecular complexity index is 1180. The number of carbonyl (C=O) groups is 1. The molecule has 1 N–H and O–H groups in total. The van der Waals surface area contributed by atoms with Crippen LogP contribution in [-0.4, -0.2) is 18.0 Å². The molecule has 144 valence electrons. The predicted octanol–water partition coefficient (Wildman–Crippen LogP) is 5.78. The van der Waals surface area contributed by atoms with Crippen molar-refractivity contribution in [2.24, 2.45) is 0 Å². The summed E-state index contributed by atoms with van der Waals surface area (Å²) < 4.78 is 5.26. The van der Waals surface area contributed by atoms with E-state index in [-0.39, 0.29) is 5.91 Å². The number of amides is 1. The quantitative estimate of drug-likeness (QED) is 0.487. The largest absolute Gasteiger partial charge is 0.497 e. The van der Waals surface area contributed by atoms with Crippen LogP contribution in [0.5, 0.6) is 5.75 Å². The number of hydrogen-bond donors (Lipinski definition) is 1. The van der Waals surface area contributed by atoms with Crippen LogP contribution in [0.3, 0.4) is 0 Å². The van der Waals surface area contributed by atoms with E-state index in [1.54, 1.807) is 7.11 Å². The number of nitrogens with one attached hydrogen (secondary N) is 1. The number of nitrogens with zero attached hydrogens (tertiary/aromatic N) is 1. The highest BCUT2D eigenvalue weighted by atomic mass is 16.5. The van der Waals surface area contributed by atoms with Crippen LogP contribution in [0.2, 0.25) is 0 Å². The fourth-order valence-electron chi connectivity index (χ4n) is 3.46. The normalized spacial score (nSPS) is 10.7. The number of benzene rings is 3. The van der Waals surface area contributed by atoms with Gasteiger partial charge < -0.3 is 10.1 Å². The molecule has 0 bridgehead atoms. The fourth-order valence-corrected chi connectivity index (χ4v) is 3.46. The summed E-state index contributed by atoms with van der Waals surface area (Å²) in [5.41, 5.74) is 5.93. The predicted molar refractivity (Wildman–Crippen MR) is 118 cm³/mol. The number of aryl methyl sites for hydroxylation is 1. The van der Waals surface area contributed by atoms with E-state index in [0.717, 1.165) is 44.7 Å². The van der Waals surface area contributed by atoms with Crippen LogP contribution in [0.15, 0.2) is 72.8 Å². The summed E-state index contributed by atoms with van der Waals surface area (Å²) in [6.45, 7) is 3.97. The number of hydrogen-bond acceptors (Lipinski definition) is 3. The summed E-state index contributed by atoms with van der Waals surface area (Å²) in [6, 6.07) is 23.3. The number of ether oxygens (including phenoxy) is 1. The van der Waals surface area contributed by atoms with E-state index < -0.39 is 0 Å². The zero-order valence-electron chi connectivity index (χ0n) is 16.7. The molecule has 0 aliphatic rings. The van der Waals surface area contributed by atoms with Gasteiger partial charge in [-0.3, -0.25) is 4.79 Å². The fraction of sp³-hybridized carbons (Fsp3) is 0.120. The van der Waals surface area contributed by atoms with Crippen molar-refractivity contribution in [3.63, 3.8) is 0 Å². The summed E-state index contributed by atoms with van der Waals surface area (Å²) in [6.07, 6.45) is 0. The van der Waals surface area contributed by atoms with Gasteiger partial charge >= 0.3 is 0 Å². The number of rotatable bonds is 4. The number of pyridine rings is 1. The number of carbonyl (C=O) groups excluding carboxylic acids is 1. The molecule has 0 fully saturated rings. The summed E-state index contributed by atoms with van der Waals surface area (Å²) in [5.74, 6) is 0.643. The third-order valence-electron chi connectivity index (χ3n) is 5.04. The monoisotopic (exact) mass is 382 g/mol. The molecule has 0 saturated heterocycles. The van der Waals surface area contributed by atoms with Gasteiger partial charge in [0.2, 0.25) is 0 Å². The lowest BCUT2D eigenvalue weighted by atomic mass is 9.97. The summed E-state index contributed by atoms with van der Waals surface area (Å²) in [4.78, 5) is 18.1. The van der Waals surface area contributed by atoms with Crippen molar-refractivity contribution in [3.8, 4) is 17.0 Å².